The van der Waals surface area contributed by atoms with E-state index in [9.17, 15) is 12.8 Å². The SMILES string of the molecule is Cc1ccc(C)c(N2CCN(c3c(S(=O)(=O)c4ccccc4)cnc4ccc(F)cc34)CC2)c1. The second-order valence-corrected chi connectivity index (χ2v) is 10.6. The molecule has 1 fully saturated rings. The first-order valence-electron chi connectivity index (χ1n) is 11.3. The maximum Gasteiger partial charge on any atom is 0.210 e. The molecule has 0 amide bonds. The number of pyridine rings is 1. The number of aromatic nitrogens is 1. The first-order chi connectivity index (χ1) is 16.3. The molecule has 7 heteroatoms. The first kappa shape index (κ1) is 22.3. The minimum absolute atomic E-state index is 0.108. The van der Waals surface area contributed by atoms with Gasteiger partial charge in [-0.2, -0.15) is 0 Å². The van der Waals surface area contributed by atoms with E-state index in [0.29, 0.717) is 29.7 Å². The number of sulfone groups is 1. The van der Waals surface area contributed by atoms with Gasteiger partial charge >= 0.3 is 0 Å². The summed E-state index contributed by atoms with van der Waals surface area (Å²) < 4.78 is 41.5. The second kappa shape index (κ2) is 8.72. The molecule has 1 aliphatic heterocycles. The van der Waals surface area contributed by atoms with Crippen molar-refractivity contribution in [2.45, 2.75) is 23.6 Å². The third kappa shape index (κ3) is 4.01. The molecular weight excluding hydrogens is 449 g/mol. The molecule has 34 heavy (non-hydrogen) atoms. The van der Waals surface area contributed by atoms with E-state index in [0.717, 1.165) is 13.1 Å². The van der Waals surface area contributed by atoms with Crippen molar-refractivity contribution >= 4 is 32.1 Å². The molecule has 5 nitrogen and oxygen atoms in total. The fourth-order valence-corrected chi connectivity index (χ4v) is 6.07. The quantitative estimate of drug-likeness (QED) is 0.409. The number of rotatable bonds is 4. The Labute approximate surface area is 199 Å². The molecule has 0 spiro atoms. The van der Waals surface area contributed by atoms with Crippen LogP contribution in [0.4, 0.5) is 15.8 Å². The molecule has 0 saturated carbocycles. The summed E-state index contributed by atoms with van der Waals surface area (Å²) in [4.78, 5) is 9.06. The van der Waals surface area contributed by atoms with Crippen molar-refractivity contribution in [3.63, 3.8) is 0 Å². The highest BCUT2D eigenvalue weighted by Gasteiger charge is 2.29. The number of anilines is 2. The highest BCUT2D eigenvalue weighted by atomic mass is 32.2. The normalized spacial score (nSPS) is 14.6. The molecule has 0 aliphatic carbocycles. The van der Waals surface area contributed by atoms with E-state index >= 15 is 0 Å². The van der Waals surface area contributed by atoms with Crippen LogP contribution in [0.1, 0.15) is 11.1 Å². The highest BCUT2D eigenvalue weighted by Crippen LogP contribution is 2.37. The van der Waals surface area contributed by atoms with Crippen LogP contribution in [0.15, 0.2) is 82.7 Å². The van der Waals surface area contributed by atoms with Crippen LogP contribution in [-0.4, -0.2) is 39.6 Å². The monoisotopic (exact) mass is 475 g/mol. The molecule has 0 bridgehead atoms. The number of aryl methyl sites for hydroxylation is 2. The van der Waals surface area contributed by atoms with Crippen molar-refractivity contribution < 1.29 is 12.8 Å². The van der Waals surface area contributed by atoms with Crippen molar-refractivity contribution in [2.24, 2.45) is 0 Å². The molecule has 3 aromatic carbocycles. The number of hydrogen-bond acceptors (Lipinski definition) is 5. The van der Waals surface area contributed by atoms with Crippen molar-refractivity contribution in [1.82, 2.24) is 4.98 Å². The van der Waals surface area contributed by atoms with Gasteiger partial charge in [0.25, 0.3) is 0 Å². The Balaban J connectivity index is 1.58. The summed E-state index contributed by atoms with van der Waals surface area (Å²) in [5.74, 6) is -0.418. The summed E-state index contributed by atoms with van der Waals surface area (Å²) in [6.07, 6.45) is 1.41. The number of fused-ring (bicyclic) bond motifs is 1. The van der Waals surface area contributed by atoms with Gasteiger partial charge in [-0.1, -0.05) is 30.3 Å². The summed E-state index contributed by atoms with van der Waals surface area (Å²) in [5, 5.41) is 0.511. The van der Waals surface area contributed by atoms with Gasteiger partial charge in [-0.15, -0.1) is 0 Å². The zero-order valence-corrected chi connectivity index (χ0v) is 20.0. The Bertz CT molecular complexity index is 1460. The Morgan fingerprint density at radius 2 is 1.56 bits per heavy atom. The summed E-state index contributed by atoms with van der Waals surface area (Å²) in [6.45, 7) is 6.87. The van der Waals surface area contributed by atoms with E-state index in [1.807, 2.05) is 0 Å². The molecule has 5 rings (SSSR count). The Morgan fingerprint density at radius 3 is 2.29 bits per heavy atom. The molecule has 1 saturated heterocycles. The standard InChI is InChI=1S/C27H26FN3O2S/c1-19-8-9-20(2)25(16-19)30-12-14-31(15-13-30)27-23-17-21(28)10-11-24(23)29-18-26(27)34(32,33)22-6-4-3-5-7-22/h3-11,16-18H,12-15H2,1-2H3. The second-order valence-electron chi connectivity index (χ2n) is 8.71. The van der Waals surface area contributed by atoms with Gasteiger partial charge in [0.1, 0.15) is 10.7 Å². The van der Waals surface area contributed by atoms with Crippen LogP contribution >= 0.6 is 0 Å². The van der Waals surface area contributed by atoms with Gasteiger partial charge in [-0.3, -0.25) is 4.98 Å². The van der Waals surface area contributed by atoms with E-state index in [1.54, 1.807) is 36.4 Å². The van der Waals surface area contributed by atoms with E-state index in [1.165, 1.54) is 35.1 Å². The van der Waals surface area contributed by atoms with Crippen LogP contribution in [0.5, 0.6) is 0 Å². The minimum Gasteiger partial charge on any atom is -0.368 e. The third-order valence-electron chi connectivity index (χ3n) is 6.41. The predicted molar refractivity (Wildman–Crippen MR) is 134 cm³/mol. The number of piperazine rings is 1. The highest BCUT2D eigenvalue weighted by molar-refractivity contribution is 7.91. The smallest absolute Gasteiger partial charge is 0.210 e. The maximum absolute atomic E-state index is 14.3. The van der Waals surface area contributed by atoms with Gasteiger partial charge < -0.3 is 9.80 Å². The zero-order valence-electron chi connectivity index (χ0n) is 19.2. The predicted octanol–water partition coefficient (Wildman–Crippen LogP) is 5.15. The van der Waals surface area contributed by atoms with E-state index in [-0.39, 0.29) is 9.79 Å². The topological polar surface area (TPSA) is 53.5 Å². The average Bonchev–Trinajstić information content (AvgIpc) is 2.85. The van der Waals surface area contributed by atoms with Gasteiger partial charge in [-0.25, -0.2) is 12.8 Å². The Hall–Kier alpha value is -3.45. The van der Waals surface area contributed by atoms with Crippen LogP contribution in [0, 0.1) is 19.7 Å². The average molecular weight is 476 g/mol. The van der Waals surface area contributed by atoms with Crippen molar-refractivity contribution in [3.05, 3.63) is 89.9 Å². The van der Waals surface area contributed by atoms with E-state index in [2.05, 4.69) is 46.8 Å². The fourth-order valence-electron chi connectivity index (χ4n) is 4.61. The van der Waals surface area contributed by atoms with E-state index in [4.69, 9.17) is 0 Å². The number of benzene rings is 3. The summed E-state index contributed by atoms with van der Waals surface area (Å²) >= 11 is 0. The lowest BCUT2D eigenvalue weighted by Gasteiger charge is -2.39. The van der Waals surface area contributed by atoms with Gasteiger partial charge in [0.2, 0.25) is 9.84 Å². The molecule has 1 aliphatic rings. The van der Waals surface area contributed by atoms with Crippen LogP contribution in [0.25, 0.3) is 10.9 Å². The maximum atomic E-state index is 14.3. The Morgan fingerprint density at radius 1 is 0.853 bits per heavy atom. The number of nitrogens with zero attached hydrogens (tertiary/aromatic N) is 3. The largest absolute Gasteiger partial charge is 0.368 e. The summed E-state index contributed by atoms with van der Waals surface area (Å²) in [6, 6.07) is 19.1. The van der Waals surface area contributed by atoms with Crippen molar-refractivity contribution in [3.8, 4) is 0 Å². The van der Waals surface area contributed by atoms with Gasteiger partial charge in [-0.05, 0) is 61.4 Å². The molecule has 1 aromatic heterocycles. The van der Waals surface area contributed by atoms with Crippen LogP contribution < -0.4 is 9.80 Å². The lowest BCUT2D eigenvalue weighted by molar-refractivity contribution is 0.593. The van der Waals surface area contributed by atoms with Gasteiger partial charge in [0.05, 0.1) is 16.1 Å². The molecule has 174 valence electrons. The zero-order chi connectivity index (χ0) is 23.9. The fraction of sp³-hybridized carbons (Fsp3) is 0.222. The van der Waals surface area contributed by atoms with Crippen LogP contribution in [0.2, 0.25) is 0 Å². The van der Waals surface area contributed by atoms with Gasteiger partial charge in [0, 0.05) is 43.4 Å². The molecule has 0 atom stereocenters. The molecule has 4 aromatic rings. The first-order valence-corrected chi connectivity index (χ1v) is 12.8. The lowest BCUT2D eigenvalue weighted by Crippen LogP contribution is -2.47. The molecule has 0 N–H and O–H groups in total. The molecule has 0 radical (unpaired) electrons. The van der Waals surface area contributed by atoms with Gasteiger partial charge in [0.15, 0.2) is 0 Å². The summed E-state index contributed by atoms with van der Waals surface area (Å²) in [7, 11) is -3.84. The van der Waals surface area contributed by atoms with E-state index < -0.39 is 15.7 Å². The summed E-state index contributed by atoms with van der Waals surface area (Å²) in [5.41, 5.74) is 4.70. The van der Waals surface area contributed by atoms with Crippen LogP contribution in [-0.2, 0) is 9.84 Å². The number of hydrogen-bond donors (Lipinski definition) is 0. The van der Waals surface area contributed by atoms with Crippen molar-refractivity contribution in [1.29, 1.82) is 0 Å². The lowest BCUT2D eigenvalue weighted by atomic mass is 10.1. The third-order valence-corrected chi connectivity index (χ3v) is 8.18. The van der Waals surface area contributed by atoms with Crippen LogP contribution in [0.3, 0.4) is 0 Å². The molecular formula is C27H26FN3O2S. The minimum atomic E-state index is -3.84. The number of halogens is 1. The Kier molecular flexibility index (Phi) is 5.73. The van der Waals surface area contributed by atoms with Crippen molar-refractivity contribution in [2.75, 3.05) is 36.0 Å². The molecule has 0 unspecified atom stereocenters. The molecule has 2 heterocycles.